The van der Waals surface area contributed by atoms with Crippen LogP contribution in [-0.4, -0.2) is 35.5 Å². The highest BCUT2D eigenvalue weighted by Gasteiger charge is 2.36. The molecule has 0 spiro atoms. The molecule has 2 amide bonds. The number of carbonyl (C=O) groups is 3. The largest absolute Gasteiger partial charge is 0.480 e. The Balaban J connectivity index is 2.08. The van der Waals surface area contributed by atoms with Crippen LogP contribution in [0.2, 0.25) is 5.02 Å². The fraction of sp³-hybridized carbons (Fsp3) is 0.357. The molecule has 2 N–H and O–H groups in total. The predicted molar refractivity (Wildman–Crippen MR) is 77.1 cm³/mol. The summed E-state index contributed by atoms with van der Waals surface area (Å²) in [6.45, 7) is 1.40. The van der Waals surface area contributed by atoms with Crippen molar-refractivity contribution in [2.75, 3.05) is 11.4 Å². The second-order valence-corrected chi connectivity index (χ2v) is 5.48. The van der Waals surface area contributed by atoms with Gasteiger partial charge in [-0.3, -0.25) is 14.4 Å². The first kappa shape index (κ1) is 16.2. The minimum Gasteiger partial charge on any atom is -0.480 e. The van der Waals surface area contributed by atoms with Gasteiger partial charge >= 0.3 is 5.97 Å². The van der Waals surface area contributed by atoms with Crippen molar-refractivity contribution in [3.05, 3.63) is 29.0 Å². The number of benzene rings is 1. The molecule has 0 aromatic heterocycles. The minimum absolute atomic E-state index is 0.0532. The van der Waals surface area contributed by atoms with Crippen LogP contribution in [0.3, 0.4) is 0 Å². The number of halogens is 2. The molecule has 2 atom stereocenters. The fourth-order valence-corrected chi connectivity index (χ4v) is 2.30. The van der Waals surface area contributed by atoms with E-state index in [2.05, 4.69) is 5.32 Å². The molecule has 8 heteroatoms. The van der Waals surface area contributed by atoms with Crippen molar-refractivity contribution in [1.82, 2.24) is 5.32 Å². The molecule has 1 aliphatic rings. The van der Waals surface area contributed by atoms with Crippen LogP contribution >= 0.6 is 11.6 Å². The van der Waals surface area contributed by atoms with Crippen molar-refractivity contribution in [3.8, 4) is 0 Å². The summed E-state index contributed by atoms with van der Waals surface area (Å²) in [5, 5.41) is 11.0. The van der Waals surface area contributed by atoms with Crippen LogP contribution < -0.4 is 10.2 Å². The van der Waals surface area contributed by atoms with Crippen LogP contribution in [0, 0.1) is 11.7 Å². The lowest BCUT2D eigenvalue weighted by Gasteiger charge is -2.17. The smallest absolute Gasteiger partial charge is 0.325 e. The Morgan fingerprint density at radius 3 is 2.77 bits per heavy atom. The summed E-state index contributed by atoms with van der Waals surface area (Å²) in [5.41, 5.74) is 0.313. The molecule has 0 radical (unpaired) electrons. The quantitative estimate of drug-likeness (QED) is 0.875. The maximum absolute atomic E-state index is 13.5. The van der Waals surface area contributed by atoms with Gasteiger partial charge in [0.05, 0.1) is 10.9 Å². The zero-order chi connectivity index (χ0) is 16.4. The van der Waals surface area contributed by atoms with E-state index in [4.69, 9.17) is 16.7 Å². The number of rotatable bonds is 4. The highest BCUT2D eigenvalue weighted by atomic mass is 35.5. The number of carbonyl (C=O) groups excluding carboxylic acids is 2. The van der Waals surface area contributed by atoms with Gasteiger partial charge in [0.1, 0.15) is 11.9 Å². The molecule has 0 bridgehead atoms. The standard InChI is InChI=1S/C14H14ClFN2O4/c1-7(14(21)22)17-13(20)8-4-12(19)18(6-8)9-2-3-10(15)11(16)5-9/h2-3,5,7-8H,4,6H2,1H3,(H,17,20)(H,21,22)/t7-,8?/m1/s1. The second kappa shape index (κ2) is 6.31. The second-order valence-electron chi connectivity index (χ2n) is 5.07. The molecule has 1 fully saturated rings. The number of amides is 2. The SMILES string of the molecule is C[C@@H](NC(=O)C1CC(=O)N(c2ccc(Cl)c(F)c2)C1)C(=O)O. The number of hydrogen-bond acceptors (Lipinski definition) is 3. The van der Waals surface area contributed by atoms with Crippen molar-refractivity contribution < 1.29 is 23.9 Å². The van der Waals surface area contributed by atoms with Crippen molar-refractivity contribution in [2.24, 2.45) is 5.92 Å². The van der Waals surface area contributed by atoms with E-state index in [-0.39, 0.29) is 23.9 Å². The Morgan fingerprint density at radius 1 is 1.50 bits per heavy atom. The van der Waals surface area contributed by atoms with E-state index in [1.807, 2.05) is 0 Å². The number of hydrogen-bond donors (Lipinski definition) is 2. The first-order valence-electron chi connectivity index (χ1n) is 6.58. The van der Waals surface area contributed by atoms with Gasteiger partial charge in [-0.15, -0.1) is 0 Å². The minimum atomic E-state index is -1.16. The van der Waals surface area contributed by atoms with Gasteiger partial charge in [-0.05, 0) is 25.1 Å². The summed E-state index contributed by atoms with van der Waals surface area (Å²) in [6.07, 6.45) is -0.0532. The van der Waals surface area contributed by atoms with E-state index in [1.165, 1.54) is 24.0 Å². The van der Waals surface area contributed by atoms with Crippen LogP contribution in [0.1, 0.15) is 13.3 Å². The maximum atomic E-state index is 13.5. The van der Waals surface area contributed by atoms with E-state index in [9.17, 15) is 18.8 Å². The highest BCUT2D eigenvalue weighted by molar-refractivity contribution is 6.30. The highest BCUT2D eigenvalue weighted by Crippen LogP contribution is 2.28. The molecule has 1 aromatic carbocycles. The van der Waals surface area contributed by atoms with Crippen molar-refractivity contribution >= 4 is 35.1 Å². The van der Waals surface area contributed by atoms with Crippen LogP contribution in [0.25, 0.3) is 0 Å². The summed E-state index contributed by atoms with van der Waals surface area (Å²) in [7, 11) is 0. The number of carboxylic acids is 1. The summed E-state index contributed by atoms with van der Waals surface area (Å²) in [6, 6.07) is 2.91. The Hall–Kier alpha value is -2.15. The molecule has 118 valence electrons. The third kappa shape index (κ3) is 3.36. The maximum Gasteiger partial charge on any atom is 0.325 e. The van der Waals surface area contributed by atoms with Crippen LogP contribution in [0.5, 0.6) is 0 Å². The monoisotopic (exact) mass is 328 g/mol. The third-order valence-electron chi connectivity index (χ3n) is 3.44. The van der Waals surface area contributed by atoms with E-state index >= 15 is 0 Å². The molecule has 1 saturated heterocycles. The van der Waals surface area contributed by atoms with Gasteiger partial charge in [-0.1, -0.05) is 11.6 Å². The molecule has 1 aromatic rings. The number of anilines is 1. The molecular formula is C14H14ClFN2O4. The summed E-state index contributed by atoms with van der Waals surface area (Å²) in [5.74, 6) is -3.33. The zero-order valence-corrected chi connectivity index (χ0v) is 12.4. The molecular weight excluding hydrogens is 315 g/mol. The van der Waals surface area contributed by atoms with Gasteiger partial charge in [0.2, 0.25) is 11.8 Å². The average Bonchev–Trinajstić information content (AvgIpc) is 2.84. The summed E-state index contributed by atoms with van der Waals surface area (Å²) < 4.78 is 13.5. The summed E-state index contributed by atoms with van der Waals surface area (Å²) >= 11 is 5.59. The normalized spacial score (nSPS) is 19.1. The number of aliphatic carboxylic acids is 1. The van der Waals surface area contributed by atoms with E-state index < -0.39 is 29.7 Å². The number of nitrogens with one attached hydrogen (secondary N) is 1. The van der Waals surface area contributed by atoms with Gasteiger partial charge in [-0.25, -0.2) is 4.39 Å². The molecule has 2 rings (SSSR count). The van der Waals surface area contributed by atoms with Crippen LogP contribution in [-0.2, 0) is 14.4 Å². The van der Waals surface area contributed by atoms with Gasteiger partial charge in [-0.2, -0.15) is 0 Å². The third-order valence-corrected chi connectivity index (χ3v) is 3.75. The molecule has 0 aliphatic carbocycles. The van der Waals surface area contributed by atoms with E-state index in [0.717, 1.165) is 6.07 Å². The molecule has 1 aliphatic heterocycles. The van der Waals surface area contributed by atoms with E-state index in [1.54, 1.807) is 0 Å². The fourth-order valence-electron chi connectivity index (χ4n) is 2.18. The van der Waals surface area contributed by atoms with Crippen molar-refractivity contribution in [3.63, 3.8) is 0 Å². The topological polar surface area (TPSA) is 86.7 Å². The van der Waals surface area contributed by atoms with Crippen molar-refractivity contribution in [2.45, 2.75) is 19.4 Å². The Kier molecular flexibility index (Phi) is 4.65. The van der Waals surface area contributed by atoms with Crippen LogP contribution in [0.4, 0.5) is 10.1 Å². The van der Waals surface area contributed by atoms with Gasteiger partial charge < -0.3 is 15.3 Å². The lowest BCUT2D eigenvalue weighted by Crippen LogP contribution is -2.42. The van der Waals surface area contributed by atoms with Gasteiger partial charge in [0.15, 0.2) is 0 Å². The summed E-state index contributed by atoms with van der Waals surface area (Å²) in [4.78, 5) is 35.9. The van der Waals surface area contributed by atoms with Crippen molar-refractivity contribution in [1.29, 1.82) is 0 Å². The Bertz CT molecular complexity index is 637. The lowest BCUT2D eigenvalue weighted by atomic mass is 10.1. The van der Waals surface area contributed by atoms with Crippen LogP contribution in [0.15, 0.2) is 18.2 Å². The average molecular weight is 329 g/mol. The van der Waals surface area contributed by atoms with Gasteiger partial charge in [0.25, 0.3) is 0 Å². The number of carboxylic acid groups (broad SMARTS) is 1. The Morgan fingerprint density at radius 2 is 2.18 bits per heavy atom. The lowest BCUT2D eigenvalue weighted by molar-refractivity contribution is -0.141. The van der Waals surface area contributed by atoms with E-state index in [0.29, 0.717) is 5.69 Å². The first-order valence-corrected chi connectivity index (χ1v) is 6.96. The number of nitrogens with zero attached hydrogens (tertiary/aromatic N) is 1. The molecule has 22 heavy (non-hydrogen) atoms. The van der Waals surface area contributed by atoms with Gasteiger partial charge in [0, 0.05) is 18.7 Å². The molecule has 0 saturated carbocycles. The molecule has 1 unspecified atom stereocenters. The molecule has 1 heterocycles. The first-order chi connectivity index (χ1) is 10.3. The molecule has 6 nitrogen and oxygen atoms in total. The Labute approximate surface area is 130 Å². The zero-order valence-electron chi connectivity index (χ0n) is 11.7. The predicted octanol–water partition coefficient (Wildman–Crippen LogP) is 1.42.